The molecule has 0 aromatic heterocycles. The molecule has 1 atom stereocenters. The fraction of sp³-hybridized carbons (Fsp3) is 0.161. The topological polar surface area (TPSA) is 86.8 Å². The van der Waals surface area contributed by atoms with Gasteiger partial charge in [0.15, 0.2) is 0 Å². The highest BCUT2D eigenvalue weighted by atomic mass is 79.9. The summed E-state index contributed by atoms with van der Waals surface area (Å²) in [6, 6.07) is 27.9. The van der Waals surface area contributed by atoms with E-state index < -0.39 is 28.5 Å². The molecule has 0 bridgehead atoms. The Balaban J connectivity index is 1.81. The summed E-state index contributed by atoms with van der Waals surface area (Å²) in [5, 5.41) is 3.00. The molecule has 0 heterocycles. The Hall–Kier alpha value is -3.37. The van der Waals surface area contributed by atoms with Crippen LogP contribution in [0.5, 0.6) is 0 Å². The van der Waals surface area contributed by atoms with Crippen molar-refractivity contribution in [1.29, 1.82) is 0 Å². The molecule has 0 radical (unpaired) electrons. The van der Waals surface area contributed by atoms with E-state index in [1.165, 1.54) is 42.3 Å². The number of amides is 2. The summed E-state index contributed by atoms with van der Waals surface area (Å²) in [6.07, 6.45) is 0.212. The number of carbonyl (C=O) groups is 2. The monoisotopic (exact) mass is 687 g/mol. The van der Waals surface area contributed by atoms with Gasteiger partial charge in [0, 0.05) is 29.5 Å². The van der Waals surface area contributed by atoms with E-state index >= 15 is 0 Å². The number of nitrogens with zero attached hydrogens (tertiary/aromatic N) is 2. The Labute approximate surface area is 264 Å². The lowest BCUT2D eigenvalue weighted by Crippen LogP contribution is -2.53. The Bertz CT molecular complexity index is 1660. The number of hydrogen-bond acceptors (Lipinski definition) is 4. The van der Waals surface area contributed by atoms with Gasteiger partial charge in [0.25, 0.3) is 10.0 Å². The summed E-state index contributed by atoms with van der Waals surface area (Å²) in [5.74, 6) is -0.990. The molecule has 7 nitrogen and oxygen atoms in total. The minimum atomic E-state index is -4.28. The number of nitrogens with one attached hydrogen (secondary N) is 1. The van der Waals surface area contributed by atoms with Crippen LogP contribution in [-0.4, -0.2) is 44.8 Å². The summed E-state index contributed by atoms with van der Waals surface area (Å²) < 4.78 is 29.7. The molecule has 0 unspecified atom stereocenters. The standard InChI is InChI=1S/C31H28BrCl2N3O4S/c1-35-31(39)29(18-22-9-4-2-5-10-22)36(20-23-11-8-12-24(32)17-23)30(38)21-37(28-19-25(33)15-16-27(28)34)42(40,41)26-13-6-3-7-14-26/h2-17,19,29H,18,20-21H2,1H3,(H,35,39)/t29-/m1/s1. The van der Waals surface area contributed by atoms with Gasteiger partial charge in [-0.15, -0.1) is 0 Å². The molecular weight excluding hydrogens is 661 g/mol. The van der Waals surface area contributed by atoms with Crippen molar-refractivity contribution in [3.8, 4) is 0 Å². The van der Waals surface area contributed by atoms with E-state index in [1.54, 1.807) is 18.2 Å². The van der Waals surface area contributed by atoms with Gasteiger partial charge in [0.05, 0.1) is 15.6 Å². The van der Waals surface area contributed by atoms with Crippen LogP contribution in [0.25, 0.3) is 0 Å². The minimum absolute atomic E-state index is 0.0282. The summed E-state index contributed by atoms with van der Waals surface area (Å²) in [7, 11) is -2.78. The first-order chi connectivity index (χ1) is 20.1. The molecule has 4 aromatic rings. The first kappa shape index (κ1) is 31.6. The molecule has 0 fully saturated rings. The zero-order valence-electron chi connectivity index (χ0n) is 22.6. The average Bonchev–Trinajstić information content (AvgIpc) is 2.99. The molecule has 218 valence electrons. The van der Waals surface area contributed by atoms with Crippen molar-refractivity contribution < 1.29 is 18.0 Å². The summed E-state index contributed by atoms with van der Waals surface area (Å²) in [4.78, 5) is 29.0. The molecule has 0 aliphatic rings. The smallest absolute Gasteiger partial charge is 0.264 e. The lowest BCUT2D eigenvalue weighted by molar-refractivity contribution is -0.139. The quantitative estimate of drug-likeness (QED) is 0.199. The first-order valence-electron chi connectivity index (χ1n) is 12.9. The highest BCUT2D eigenvalue weighted by Gasteiger charge is 2.35. The van der Waals surface area contributed by atoms with Gasteiger partial charge >= 0.3 is 0 Å². The molecule has 0 saturated carbocycles. The summed E-state index contributed by atoms with van der Waals surface area (Å²) >= 11 is 16.2. The molecule has 1 N–H and O–H groups in total. The van der Waals surface area contributed by atoms with E-state index in [4.69, 9.17) is 23.2 Å². The van der Waals surface area contributed by atoms with Crippen LogP contribution in [0.2, 0.25) is 10.0 Å². The van der Waals surface area contributed by atoms with Gasteiger partial charge in [-0.05, 0) is 53.6 Å². The maximum Gasteiger partial charge on any atom is 0.264 e. The van der Waals surface area contributed by atoms with Crippen LogP contribution in [-0.2, 0) is 32.6 Å². The van der Waals surface area contributed by atoms with Crippen LogP contribution in [0, 0.1) is 0 Å². The predicted octanol–water partition coefficient (Wildman–Crippen LogP) is 6.34. The van der Waals surface area contributed by atoms with Crippen LogP contribution >= 0.6 is 39.1 Å². The third-order valence-corrected chi connectivity index (χ3v) is 9.37. The average molecular weight is 689 g/mol. The van der Waals surface area contributed by atoms with Gasteiger partial charge in [-0.3, -0.25) is 13.9 Å². The Morgan fingerprint density at radius 2 is 1.50 bits per heavy atom. The van der Waals surface area contributed by atoms with Gasteiger partial charge in [-0.1, -0.05) is 99.8 Å². The predicted molar refractivity (Wildman–Crippen MR) is 170 cm³/mol. The Morgan fingerprint density at radius 3 is 2.14 bits per heavy atom. The molecular formula is C31H28BrCl2N3O4S. The molecule has 0 aliphatic carbocycles. The van der Waals surface area contributed by atoms with Crippen molar-refractivity contribution >= 4 is 66.7 Å². The number of hydrogen-bond donors (Lipinski definition) is 1. The number of halogens is 3. The fourth-order valence-electron chi connectivity index (χ4n) is 4.46. The van der Waals surface area contributed by atoms with Gasteiger partial charge in [0.2, 0.25) is 11.8 Å². The van der Waals surface area contributed by atoms with E-state index in [0.717, 1.165) is 19.9 Å². The number of likely N-dealkylation sites (N-methyl/N-ethyl adjacent to an activating group) is 1. The number of sulfonamides is 1. The van der Waals surface area contributed by atoms with Crippen LogP contribution < -0.4 is 9.62 Å². The minimum Gasteiger partial charge on any atom is -0.357 e. The van der Waals surface area contributed by atoms with Crippen LogP contribution in [0.4, 0.5) is 5.69 Å². The van der Waals surface area contributed by atoms with Crippen LogP contribution in [0.1, 0.15) is 11.1 Å². The molecule has 0 spiro atoms. The zero-order valence-corrected chi connectivity index (χ0v) is 26.5. The van der Waals surface area contributed by atoms with Crippen molar-refractivity contribution in [2.45, 2.75) is 23.9 Å². The van der Waals surface area contributed by atoms with E-state index in [2.05, 4.69) is 21.2 Å². The van der Waals surface area contributed by atoms with E-state index in [1.807, 2.05) is 54.6 Å². The maximum absolute atomic E-state index is 14.3. The lowest BCUT2D eigenvalue weighted by Gasteiger charge is -2.33. The molecule has 11 heteroatoms. The van der Waals surface area contributed by atoms with E-state index in [-0.39, 0.29) is 39.5 Å². The third kappa shape index (κ3) is 7.72. The van der Waals surface area contributed by atoms with Gasteiger partial charge in [0.1, 0.15) is 12.6 Å². The SMILES string of the molecule is CNC(=O)[C@@H](Cc1ccccc1)N(Cc1cccc(Br)c1)C(=O)CN(c1cc(Cl)ccc1Cl)S(=O)(=O)c1ccccc1. The first-order valence-corrected chi connectivity index (χ1v) is 15.9. The van der Waals surface area contributed by atoms with Crippen LogP contribution in [0.3, 0.4) is 0 Å². The van der Waals surface area contributed by atoms with Gasteiger partial charge in [-0.2, -0.15) is 0 Å². The van der Waals surface area contributed by atoms with E-state index in [9.17, 15) is 18.0 Å². The highest BCUT2D eigenvalue weighted by molar-refractivity contribution is 9.10. The number of benzene rings is 4. The number of carbonyl (C=O) groups excluding carboxylic acids is 2. The lowest BCUT2D eigenvalue weighted by atomic mass is 10.0. The molecule has 4 aromatic carbocycles. The second-order valence-corrected chi connectivity index (χ2v) is 13.0. The fourth-order valence-corrected chi connectivity index (χ4v) is 6.79. The zero-order chi connectivity index (χ0) is 30.3. The Morgan fingerprint density at radius 1 is 0.857 bits per heavy atom. The number of rotatable bonds is 11. The molecule has 42 heavy (non-hydrogen) atoms. The van der Waals surface area contributed by atoms with E-state index in [0.29, 0.717) is 0 Å². The molecule has 2 amide bonds. The summed E-state index contributed by atoms with van der Waals surface area (Å²) in [5.41, 5.74) is 1.63. The van der Waals surface area contributed by atoms with Crippen molar-refractivity contribution in [3.63, 3.8) is 0 Å². The maximum atomic E-state index is 14.3. The van der Waals surface area contributed by atoms with Gasteiger partial charge in [-0.25, -0.2) is 8.42 Å². The highest BCUT2D eigenvalue weighted by Crippen LogP contribution is 2.33. The van der Waals surface area contributed by atoms with Crippen molar-refractivity contribution in [3.05, 3.63) is 129 Å². The van der Waals surface area contributed by atoms with Crippen molar-refractivity contribution in [1.82, 2.24) is 10.2 Å². The Kier molecular flexibility index (Phi) is 10.7. The normalized spacial score (nSPS) is 11.9. The van der Waals surface area contributed by atoms with Crippen LogP contribution in [0.15, 0.2) is 112 Å². The molecule has 4 rings (SSSR count). The number of anilines is 1. The van der Waals surface area contributed by atoms with Crippen molar-refractivity contribution in [2.24, 2.45) is 0 Å². The summed E-state index contributed by atoms with van der Waals surface area (Å²) in [6.45, 7) is -0.584. The largest absolute Gasteiger partial charge is 0.357 e. The second-order valence-electron chi connectivity index (χ2n) is 9.39. The molecule has 0 saturated heterocycles. The van der Waals surface area contributed by atoms with Gasteiger partial charge < -0.3 is 10.2 Å². The third-order valence-electron chi connectivity index (χ3n) is 6.55. The molecule has 0 aliphatic heterocycles. The second kappa shape index (κ2) is 14.2. The van der Waals surface area contributed by atoms with Crippen molar-refractivity contribution in [2.75, 3.05) is 17.9 Å².